The number of hydrogen-bond donors (Lipinski definition) is 3. The number of H-pyrrole nitrogens is 1. The van der Waals surface area contributed by atoms with Crippen LogP contribution in [-0.2, 0) is 32.0 Å². The molecule has 5 aromatic rings. The zero-order valence-electron chi connectivity index (χ0n) is 26.5. The Hall–Kier alpha value is -4.16. The number of carbonyl (C=O) groups is 1. The van der Waals surface area contributed by atoms with E-state index in [9.17, 15) is 9.90 Å². The summed E-state index contributed by atoms with van der Waals surface area (Å²) in [6.07, 6.45) is -1.61. The van der Waals surface area contributed by atoms with Crippen LogP contribution in [0.3, 0.4) is 0 Å². The molecule has 2 aliphatic heterocycles. The van der Waals surface area contributed by atoms with Crippen molar-refractivity contribution in [2.24, 2.45) is 0 Å². The fourth-order valence-electron chi connectivity index (χ4n) is 6.14. The summed E-state index contributed by atoms with van der Waals surface area (Å²) in [5.41, 5.74) is 3.69. The van der Waals surface area contributed by atoms with Crippen molar-refractivity contribution in [1.82, 2.24) is 10.3 Å². The third-order valence-corrected chi connectivity index (χ3v) is 9.84. The van der Waals surface area contributed by atoms with E-state index in [0.29, 0.717) is 18.7 Å². The van der Waals surface area contributed by atoms with Gasteiger partial charge < -0.3 is 39.1 Å². The van der Waals surface area contributed by atoms with Crippen molar-refractivity contribution in [3.8, 4) is 5.75 Å². The fraction of sp³-hybridized carbons (Fsp3) is 0.289. The molecule has 2 aliphatic rings. The first-order valence-electron chi connectivity index (χ1n) is 16.0. The van der Waals surface area contributed by atoms with Gasteiger partial charge in [-0.25, -0.2) is 0 Å². The van der Waals surface area contributed by atoms with Gasteiger partial charge in [0, 0.05) is 28.0 Å². The molecule has 0 aliphatic carbocycles. The van der Waals surface area contributed by atoms with Gasteiger partial charge in [0.05, 0.1) is 26.4 Å². The number of ether oxygens (including phenoxy) is 5. The molecule has 4 unspecified atom stereocenters. The number of nitrogens with one attached hydrogen (secondary N) is 2. The van der Waals surface area contributed by atoms with Gasteiger partial charge in [-0.05, 0) is 53.9 Å². The number of rotatable bonds is 11. The summed E-state index contributed by atoms with van der Waals surface area (Å²) >= 11 is 1.50. The smallest absolute Gasteiger partial charge is 0.268 e. The SMILES string of the molecule is COc1ccc(S[C@@H]2OC3COC(c4ccccc4)O[C@@H]3C(OCc3ccc(CCO)cc3)C2NC(=O)c2cc3ccccc3[nH]2)cc1. The minimum atomic E-state index is -0.615. The Bertz CT molecular complexity index is 1760. The Balaban J connectivity index is 1.22. The summed E-state index contributed by atoms with van der Waals surface area (Å²) in [6, 6.07) is 34.6. The second-order valence-electron chi connectivity index (χ2n) is 11.8. The maximum absolute atomic E-state index is 14.0. The summed E-state index contributed by atoms with van der Waals surface area (Å²) in [4.78, 5) is 18.2. The van der Waals surface area contributed by atoms with E-state index in [0.717, 1.165) is 38.2 Å². The normalized spacial score (nSPS) is 23.8. The lowest BCUT2D eigenvalue weighted by atomic mass is 9.96. The molecule has 1 aromatic heterocycles. The molecule has 0 saturated carbocycles. The molecule has 3 heterocycles. The number of thioether (sulfide) groups is 1. The standard InChI is InChI=1S/C38H38N2O7S/c1-43-28-15-17-29(18-16-28)48-38-33(40-36(42)31-21-27-9-5-6-10-30(27)39-31)35(44-22-25-13-11-24(12-14-25)19-20-41)34-32(46-38)23-45-37(47-34)26-7-3-2-4-8-26/h2-18,21,32-35,37-39,41H,19-20,22-23H2,1H3,(H,40,42)/t32?,33?,34-,35?,37?,38-/m0/s1. The Morgan fingerprint density at radius 1 is 0.938 bits per heavy atom. The largest absolute Gasteiger partial charge is 0.497 e. The Morgan fingerprint density at radius 2 is 1.69 bits per heavy atom. The monoisotopic (exact) mass is 666 g/mol. The van der Waals surface area contributed by atoms with E-state index < -0.39 is 36.1 Å². The number of aromatic amines is 1. The van der Waals surface area contributed by atoms with Crippen LogP contribution in [0, 0.1) is 0 Å². The number of carbonyl (C=O) groups excluding carboxylic acids is 1. The van der Waals surface area contributed by atoms with Crippen LogP contribution in [0.5, 0.6) is 5.75 Å². The van der Waals surface area contributed by atoms with Gasteiger partial charge in [0.2, 0.25) is 0 Å². The number of hydrogen-bond acceptors (Lipinski definition) is 8. The van der Waals surface area contributed by atoms with Gasteiger partial charge in [-0.3, -0.25) is 4.79 Å². The van der Waals surface area contributed by atoms with E-state index in [4.69, 9.17) is 23.7 Å². The van der Waals surface area contributed by atoms with Crippen molar-refractivity contribution >= 4 is 28.6 Å². The van der Waals surface area contributed by atoms with Gasteiger partial charge in [0.25, 0.3) is 5.91 Å². The van der Waals surface area contributed by atoms with Crippen molar-refractivity contribution < 1.29 is 33.6 Å². The zero-order valence-corrected chi connectivity index (χ0v) is 27.3. The summed E-state index contributed by atoms with van der Waals surface area (Å²) in [5, 5.41) is 13.6. The molecule has 0 radical (unpaired) electrons. The maximum Gasteiger partial charge on any atom is 0.268 e. The third-order valence-electron chi connectivity index (χ3n) is 8.66. The minimum absolute atomic E-state index is 0.0913. The van der Waals surface area contributed by atoms with Crippen LogP contribution in [0.4, 0.5) is 0 Å². The van der Waals surface area contributed by atoms with Crippen LogP contribution >= 0.6 is 11.8 Å². The molecule has 1 amide bonds. The molecule has 2 fully saturated rings. The van der Waals surface area contributed by atoms with Crippen LogP contribution < -0.4 is 10.1 Å². The molecule has 9 nitrogen and oxygen atoms in total. The molecule has 48 heavy (non-hydrogen) atoms. The quantitative estimate of drug-likeness (QED) is 0.157. The number of para-hydroxylation sites is 1. The lowest BCUT2D eigenvalue weighted by Crippen LogP contribution is -2.66. The topological polar surface area (TPSA) is 111 Å². The first-order valence-corrected chi connectivity index (χ1v) is 16.9. The highest BCUT2D eigenvalue weighted by molar-refractivity contribution is 7.99. The van der Waals surface area contributed by atoms with E-state index >= 15 is 0 Å². The Morgan fingerprint density at radius 3 is 2.44 bits per heavy atom. The first kappa shape index (κ1) is 32.4. The number of fused-ring (bicyclic) bond motifs is 2. The number of amides is 1. The van der Waals surface area contributed by atoms with Crippen LogP contribution in [0.15, 0.2) is 114 Å². The molecule has 0 bridgehead atoms. The second-order valence-corrected chi connectivity index (χ2v) is 13.0. The number of aliphatic hydroxyl groups is 1. The Labute approximate surface area is 283 Å². The van der Waals surface area contributed by atoms with Crippen molar-refractivity contribution in [3.63, 3.8) is 0 Å². The van der Waals surface area contributed by atoms with E-state index in [1.807, 2.05) is 109 Å². The van der Waals surface area contributed by atoms with Crippen molar-refractivity contribution in [2.75, 3.05) is 20.3 Å². The highest BCUT2D eigenvalue weighted by Crippen LogP contribution is 2.40. The van der Waals surface area contributed by atoms with E-state index in [1.165, 1.54) is 11.8 Å². The van der Waals surface area contributed by atoms with E-state index in [-0.39, 0.29) is 19.1 Å². The molecule has 248 valence electrons. The fourth-order valence-corrected chi connectivity index (χ4v) is 7.27. The molecular weight excluding hydrogens is 628 g/mol. The van der Waals surface area contributed by atoms with Gasteiger partial charge >= 0.3 is 0 Å². The summed E-state index contributed by atoms with van der Waals surface area (Å²) < 4.78 is 31.7. The van der Waals surface area contributed by atoms with Gasteiger partial charge in [0.15, 0.2) is 6.29 Å². The zero-order chi connectivity index (χ0) is 32.9. The first-order chi connectivity index (χ1) is 23.6. The summed E-state index contributed by atoms with van der Waals surface area (Å²) in [6.45, 7) is 0.669. The lowest BCUT2D eigenvalue weighted by Gasteiger charge is -2.49. The van der Waals surface area contributed by atoms with Crippen LogP contribution in [-0.4, -0.2) is 66.1 Å². The maximum atomic E-state index is 14.0. The predicted octanol–water partition coefficient (Wildman–Crippen LogP) is 6.03. The van der Waals surface area contributed by atoms with E-state index in [1.54, 1.807) is 7.11 Å². The third kappa shape index (κ3) is 7.29. The molecule has 3 N–H and O–H groups in total. The van der Waals surface area contributed by atoms with Crippen LogP contribution in [0.2, 0.25) is 0 Å². The highest BCUT2D eigenvalue weighted by Gasteiger charge is 2.51. The summed E-state index contributed by atoms with van der Waals surface area (Å²) in [5.74, 6) is 0.479. The lowest BCUT2D eigenvalue weighted by molar-refractivity contribution is -0.312. The van der Waals surface area contributed by atoms with Gasteiger partial charge in [0.1, 0.15) is 35.2 Å². The number of benzene rings is 4. The highest BCUT2D eigenvalue weighted by atomic mass is 32.2. The van der Waals surface area contributed by atoms with Crippen LogP contribution in [0.1, 0.15) is 33.5 Å². The number of aromatic nitrogens is 1. The number of aliphatic hydroxyl groups excluding tert-OH is 1. The molecule has 6 atom stereocenters. The Kier molecular flexibility index (Phi) is 10.1. The molecule has 0 spiro atoms. The molecule has 2 saturated heterocycles. The second kappa shape index (κ2) is 14.9. The minimum Gasteiger partial charge on any atom is -0.497 e. The summed E-state index contributed by atoms with van der Waals surface area (Å²) in [7, 11) is 1.63. The van der Waals surface area contributed by atoms with Crippen molar-refractivity contribution in [2.45, 2.75) is 54.0 Å². The predicted molar refractivity (Wildman–Crippen MR) is 183 cm³/mol. The van der Waals surface area contributed by atoms with Gasteiger partial charge in [-0.15, -0.1) is 0 Å². The van der Waals surface area contributed by atoms with Gasteiger partial charge in [-0.2, -0.15) is 0 Å². The average molecular weight is 667 g/mol. The van der Waals surface area contributed by atoms with Crippen molar-refractivity contribution in [3.05, 3.63) is 132 Å². The molecule has 10 heteroatoms. The van der Waals surface area contributed by atoms with Crippen LogP contribution in [0.25, 0.3) is 10.9 Å². The van der Waals surface area contributed by atoms with E-state index in [2.05, 4.69) is 10.3 Å². The van der Waals surface area contributed by atoms with Crippen molar-refractivity contribution in [1.29, 1.82) is 0 Å². The average Bonchev–Trinajstić information content (AvgIpc) is 3.57. The molecular formula is C38H38N2O7S. The molecule has 7 rings (SSSR count). The number of methoxy groups -OCH3 is 1. The van der Waals surface area contributed by atoms with Gasteiger partial charge in [-0.1, -0.05) is 84.6 Å². The molecule has 4 aromatic carbocycles.